The minimum atomic E-state index is -1.69. The second-order valence-electron chi connectivity index (χ2n) is 21.3. The van der Waals surface area contributed by atoms with Crippen LogP contribution in [0.5, 0.6) is 5.75 Å². The quantitative estimate of drug-likeness (QED) is 0.0456. The molecule has 1 heterocycles. The average Bonchev–Trinajstić information content (AvgIpc) is 3.92. The lowest BCUT2D eigenvalue weighted by Gasteiger charge is -2.33. The van der Waals surface area contributed by atoms with E-state index >= 15 is 0 Å². The Bertz CT molecular complexity index is 2530. The molecule has 79 heavy (non-hydrogen) atoms. The van der Waals surface area contributed by atoms with Gasteiger partial charge >= 0.3 is 5.97 Å². The molecule has 3 aromatic rings. The third kappa shape index (κ3) is 19.5. The summed E-state index contributed by atoms with van der Waals surface area (Å²) >= 11 is 0. The highest BCUT2D eigenvalue weighted by atomic mass is 16.4. The van der Waals surface area contributed by atoms with Gasteiger partial charge in [0.15, 0.2) is 0 Å². The fourth-order valence-corrected chi connectivity index (χ4v) is 9.10. The van der Waals surface area contributed by atoms with Gasteiger partial charge in [-0.1, -0.05) is 121 Å². The van der Waals surface area contributed by atoms with Gasteiger partial charge in [0, 0.05) is 19.4 Å². The number of nitrogens with one attached hydrogen (secondary N) is 7. The number of carbonyl (C=O) groups excluding carboxylic acids is 8. The molecule has 4 rings (SSSR count). The molecule has 1 fully saturated rings. The van der Waals surface area contributed by atoms with Crippen LogP contribution in [0.25, 0.3) is 0 Å². The van der Waals surface area contributed by atoms with Crippen LogP contribution in [0.4, 0.5) is 0 Å². The van der Waals surface area contributed by atoms with Crippen LogP contribution < -0.4 is 43.0 Å². The van der Waals surface area contributed by atoms with Gasteiger partial charge in [-0.25, -0.2) is 4.79 Å². The summed E-state index contributed by atoms with van der Waals surface area (Å²) in [5, 5.41) is 59.9. The highest BCUT2D eigenvalue weighted by Gasteiger charge is 2.43. The van der Waals surface area contributed by atoms with E-state index < -0.39 is 132 Å². The van der Waals surface area contributed by atoms with E-state index in [-0.39, 0.29) is 50.3 Å². The number of amides is 8. The van der Waals surface area contributed by atoms with E-state index in [0.29, 0.717) is 24.0 Å². The van der Waals surface area contributed by atoms with Crippen molar-refractivity contribution in [3.8, 4) is 5.75 Å². The minimum absolute atomic E-state index is 0.00570. The fourth-order valence-electron chi connectivity index (χ4n) is 9.10. The minimum Gasteiger partial charge on any atom is -0.508 e. The number of hydrogen-bond acceptors (Lipinski definition) is 13. The second kappa shape index (κ2) is 30.6. The highest BCUT2D eigenvalue weighted by Crippen LogP contribution is 2.21. The van der Waals surface area contributed by atoms with E-state index in [4.69, 9.17) is 5.73 Å². The van der Waals surface area contributed by atoms with Gasteiger partial charge in [-0.05, 0) is 86.1 Å². The van der Waals surface area contributed by atoms with E-state index in [0.717, 1.165) is 10.5 Å². The maximum absolute atomic E-state index is 14.4. The zero-order valence-corrected chi connectivity index (χ0v) is 46.3. The van der Waals surface area contributed by atoms with Gasteiger partial charge in [-0.15, -0.1) is 0 Å². The normalized spacial score (nSPS) is 17.5. The molecule has 22 heteroatoms. The molecule has 0 radical (unpaired) electrons. The number of carbonyl (C=O) groups is 9. The summed E-state index contributed by atoms with van der Waals surface area (Å²) in [5.41, 5.74) is 8.23. The Morgan fingerprint density at radius 3 is 1.51 bits per heavy atom. The first-order valence-corrected chi connectivity index (χ1v) is 26.9. The van der Waals surface area contributed by atoms with Crippen molar-refractivity contribution in [1.82, 2.24) is 42.1 Å². The van der Waals surface area contributed by atoms with Crippen molar-refractivity contribution in [3.63, 3.8) is 0 Å². The van der Waals surface area contributed by atoms with E-state index in [1.54, 1.807) is 58.0 Å². The van der Waals surface area contributed by atoms with Crippen molar-refractivity contribution in [2.75, 3.05) is 6.54 Å². The summed E-state index contributed by atoms with van der Waals surface area (Å²) in [4.78, 5) is 126. The van der Waals surface area contributed by atoms with Crippen LogP contribution >= 0.6 is 0 Å². The number of phenolic OH excluding ortho intramolecular Hbond substituents is 1. The number of aliphatic hydroxyl groups excluding tert-OH is 2. The van der Waals surface area contributed by atoms with Gasteiger partial charge in [-0.2, -0.15) is 0 Å². The number of nitrogens with two attached hydrogens (primary N) is 1. The zero-order chi connectivity index (χ0) is 58.7. The van der Waals surface area contributed by atoms with Gasteiger partial charge in [0.1, 0.15) is 54.1 Å². The smallest absolute Gasteiger partial charge is 0.326 e. The first-order chi connectivity index (χ1) is 37.3. The molecular formula is C57H81N9O13. The Balaban J connectivity index is 1.52. The Hall–Kier alpha value is -7.43. The molecule has 12 unspecified atom stereocenters. The van der Waals surface area contributed by atoms with Crippen molar-refractivity contribution in [3.05, 3.63) is 102 Å². The molecule has 0 aliphatic carbocycles. The number of aromatic hydroxyl groups is 1. The number of rotatable bonds is 29. The topological polar surface area (TPSA) is 348 Å². The van der Waals surface area contributed by atoms with E-state index in [1.165, 1.54) is 38.1 Å². The van der Waals surface area contributed by atoms with Crippen LogP contribution in [0.2, 0.25) is 0 Å². The van der Waals surface area contributed by atoms with Crippen molar-refractivity contribution >= 4 is 53.2 Å². The predicted octanol–water partition coefficient (Wildman–Crippen LogP) is 0.726. The first-order valence-electron chi connectivity index (χ1n) is 26.9. The lowest BCUT2D eigenvalue weighted by molar-refractivity contribution is -0.145. The Kier molecular flexibility index (Phi) is 24.9. The molecule has 1 aliphatic rings. The third-order valence-corrected chi connectivity index (χ3v) is 13.9. The molecule has 0 saturated carbocycles. The summed E-state index contributed by atoms with van der Waals surface area (Å²) in [6.45, 7) is 12.8. The van der Waals surface area contributed by atoms with Crippen molar-refractivity contribution in [2.45, 2.75) is 167 Å². The summed E-state index contributed by atoms with van der Waals surface area (Å²) in [7, 11) is 0. The molecule has 8 amide bonds. The molecule has 12 atom stereocenters. The number of likely N-dealkylation sites (tertiary alicyclic amines) is 1. The molecule has 22 nitrogen and oxygen atoms in total. The molecule has 13 N–H and O–H groups in total. The lowest BCUT2D eigenvalue weighted by Crippen LogP contribution is -2.63. The summed E-state index contributed by atoms with van der Waals surface area (Å²) < 4.78 is 0. The first kappa shape index (κ1) is 64.1. The van der Waals surface area contributed by atoms with Crippen molar-refractivity contribution in [2.24, 2.45) is 23.5 Å². The molecule has 432 valence electrons. The third-order valence-electron chi connectivity index (χ3n) is 13.9. The molecule has 0 aromatic heterocycles. The molecule has 1 saturated heterocycles. The van der Waals surface area contributed by atoms with Crippen LogP contribution in [0.1, 0.15) is 97.8 Å². The van der Waals surface area contributed by atoms with Gasteiger partial charge in [0.25, 0.3) is 0 Å². The number of aliphatic hydroxyl groups is 2. The second-order valence-corrected chi connectivity index (χ2v) is 21.3. The molecule has 1 aliphatic heterocycles. The summed E-state index contributed by atoms with van der Waals surface area (Å²) in [6, 6.07) is 11.6. The van der Waals surface area contributed by atoms with Crippen molar-refractivity contribution < 1.29 is 63.6 Å². The number of aliphatic carboxylic acids is 1. The Morgan fingerprint density at radius 2 is 1.01 bits per heavy atom. The zero-order valence-electron chi connectivity index (χ0n) is 46.3. The van der Waals surface area contributed by atoms with Gasteiger partial charge in [-0.3, -0.25) is 38.4 Å². The van der Waals surface area contributed by atoms with E-state index in [2.05, 4.69) is 37.2 Å². The van der Waals surface area contributed by atoms with Crippen LogP contribution in [-0.4, -0.2) is 152 Å². The van der Waals surface area contributed by atoms with Gasteiger partial charge in [0.05, 0.1) is 18.2 Å². The van der Waals surface area contributed by atoms with Crippen LogP contribution in [-0.2, 0) is 62.4 Å². The Labute approximate surface area is 461 Å². The van der Waals surface area contributed by atoms with Crippen molar-refractivity contribution in [1.29, 1.82) is 0 Å². The number of hydrogen-bond donors (Lipinski definition) is 12. The summed E-state index contributed by atoms with van der Waals surface area (Å²) in [6.07, 6.45) is -2.20. The van der Waals surface area contributed by atoms with E-state index in [1.807, 2.05) is 44.2 Å². The lowest BCUT2D eigenvalue weighted by atomic mass is 9.96. The Morgan fingerprint density at radius 1 is 0.557 bits per heavy atom. The molecule has 0 bridgehead atoms. The molecule has 0 spiro atoms. The number of carboxylic acid groups (broad SMARTS) is 1. The maximum atomic E-state index is 14.4. The molecular weight excluding hydrogens is 1020 g/mol. The number of phenols is 1. The van der Waals surface area contributed by atoms with E-state index in [9.17, 15) is 63.6 Å². The number of nitrogens with zero attached hydrogens (tertiary/aromatic N) is 1. The van der Waals surface area contributed by atoms with Gasteiger partial charge < -0.3 is 68.3 Å². The molecule has 3 aromatic carbocycles. The largest absolute Gasteiger partial charge is 0.508 e. The van der Waals surface area contributed by atoms with Crippen LogP contribution in [0.15, 0.2) is 84.9 Å². The number of carboxylic acids is 1. The van der Waals surface area contributed by atoms with Crippen LogP contribution in [0, 0.1) is 17.8 Å². The standard InChI is InChI=1S/C57H81N9O13/c1-9-33(6)46(54(75)61-43(30-38-22-24-39(69)25-23-38)51(72)62-45(32(4)5)57(78)79)63-55(76)47(34(7)67)64-53(74)44-21-16-26-66(44)56(77)48(35(8)68)65-52(73)42(29-37-19-14-11-15-20-37)60-50(71)41(27-31(2)3)59-49(70)40(58)28-36-17-12-10-13-18-36/h10-15,17-20,22-25,31-35,40-48,67-69H,9,16,21,26-30,58H2,1-8H3,(H,59,70)(H,60,71)(H,61,75)(H,62,72)(H,63,76)(H,64,74)(H,65,73)(H,78,79). The fraction of sp³-hybridized carbons (Fsp3) is 0.526. The van der Waals surface area contributed by atoms with Crippen LogP contribution in [0.3, 0.4) is 0 Å². The predicted molar refractivity (Wildman–Crippen MR) is 293 cm³/mol. The SMILES string of the molecule is CCC(C)C(NC(=O)C(NC(=O)C1CCCN1C(=O)C(NC(=O)C(Cc1ccccc1)NC(=O)C(CC(C)C)NC(=O)C(N)Cc1ccccc1)C(C)O)C(C)O)C(=O)NC(Cc1ccc(O)cc1)C(=O)NC(C(=O)O)C(C)C. The maximum Gasteiger partial charge on any atom is 0.326 e. The summed E-state index contributed by atoms with van der Waals surface area (Å²) in [5.74, 6) is -9.06. The van der Waals surface area contributed by atoms with Gasteiger partial charge in [0.2, 0.25) is 47.3 Å². The highest BCUT2D eigenvalue weighted by molar-refractivity contribution is 5.98. The average molecular weight is 1100 g/mol. The monoisotopic (exact) mass is 1100 g/mol. The number of benzene rings is 3.